The molecule has 2 N–H and O–H groups in total. The van der Waals surface area contributed by atoms with Gasteiger partial charge in [-0.15, -0.1) is 0 Å². The molecule has 5 heteroatoms. The van der Waals surface area contributed by atoms with Crippen LogP contribution < -0.4 is 10.6 Å². The van der Waals surface area contributed by atoms with Gasteiger partial charge in [-0.2, -0.15) is 5.10 Å². The van der Waals surface area contributed by atoms with Gasteiger partial charge in [-0.3, -0.25) is 4.68 Å². The van der Waals surface area contributed by atoms with Crippen molar-refractivity contribution in [2.45, 2.75) is 13.0 Å². The second-order valence-corrected chi connectivity index (χ2v) is 4.26. The van der Waals surface area contributed by atoms with Crippen molar-refractivity contribution >= 4 is 11.5 Å². The first-order chi connectivity index (χ1) is 8.65. The zero-order valence-corrected chi connectivity index (χ0v) is 10.4. The summed E-state index contributed by atoms with van der Waals surface area (Å²) in [7, 11) is 1.95. The van der Waals surface area contributed by atoms with Crippen molar-refractivity contribution < 1.29 is 4.39 Å². The summed E-state index contributed by atoms with van der Waals surface area (Å²) in [6, 6.07) is 8.37. The number of hydrogen-bond acceptors (Lipinski definition) is 3. The molecule has 0 bridgehead atoms. The van der Waals surface area contributed by atoms with E-state index in [-0.39, 0.29) is 5.82 Å². The monoisotopic (exact) mass is 248 g/mol. The third-order valence-electron chi connectivity index (χ3n) is 2.79. The minimum atomic E-state index is -0.209. The van der Waals surface area contributed by atoms with Crippen LogP contribution in [0.1, 0.15) is 6.42 Å². The molecule has 0 fully saturated rings. The summed E-state index contributed by atoms with van der Waals surface area (Å²) in [5.41, 5.74) is 6.42. The largest absolute Gasteiger partial charge is 0.382 e. The van der Waals surface area contributed by atoms with Gasteiger partial charge in [-0.1, -0.05) is 6.07 Å². The number of nitrogens with two attached hydrogens (primary N) is 1. The molecule has 1 aromatic heterocycles. The molecular weight excluding hydrogens is 231 g/mol. The standard InChI is InChI=1S/C13H17FN4/c1-17(12-5-2-4-11(14)10-12)7-3-8-18-9-6-13(15)16-18/h2,4-6,9-10H,3,7-8H2,1H3,(H2,15,16). The highest BCUT2D eigenvalue weighted by Crippen LogP contribution is 2.14. The maximum absolute atomic E-state index is 13.1. The summed E-state index contributed by atoms with van der Waals surface area (Å²) in [6.07, 6.45) is 2.78. The van der Waals surface area contributed by atoms with E-state index in [9.17, 15) is 4.39 Å². The Kier molecular flexibility index (Phi) is 3.82. The average molecular weight is 248 g/mol. The number of rotatable bonds is 5. The summed E-state index contributed by atoms with van der Waals surface area (Å²) in [5.74, 6) is 0.327. The first-order valence-corrected chi connectivity index (χ1v) is 5.91. The van der Waals surface area contributed by atoms with Gasteiger partial charge in [-0.05, 0) is 30.7 Å². The molecule has 0 saturated heterocycles. The molecule has 1 heterocycles. The van der Waals surface area contributed by atoms with Crippen LogP contribution in [0, 0.1) is 5.82 Å². The van der Waals surface area contributed by atoms with Crippen LogP contribution in [0.4, 0.5) is 15.9 Å². The Labute approximate surface area is 106 Å². The SMILES string of the molecule is CN(CCCn1ccc(N)n1)c1cccc(F)c1. The van der Waals surface area contributed by atoms with Crippen molar-refractivity contribution in [1.82, 2.24) is 9.78 Å². The number of benzene rings is 1. The molecule has 0 aliphatic heterocycles. The summed E-state index contributed by atoms with van der Waals surface area (Å²) in [6.45, 7) is 1.64. The number of hydrogen-bond donors (Lipinski definition) is 1. The molecule has 0 amide bonds. The van der Waals surface area contributed by atoms with Crippen molar-refractivity contribution in [3.8, 4) is 0 Å². The molecule has 0 saturated carbocycles. The van der Waals surface area contributed by atoms with Crippen LogP contribution in [-0.4, -0.2) is 23.4 Å². The third kappa shape index (κ3) is 3.23. The maximum Gasteiger partial charge on any atom is 0.145 e. The fourth-order valence-corrected chi connectivity index (χ4v) is 1.81. The van der Waals surface area contributed by atoms with Gasteiger partial charge in [0.25, 0.3) is 0 Å². The molecule has 2 aromatic rings. The first-order valence-electron chi connectivity index (χ1n) is 5.91. The lowest BCUT2D eigenvalue weighted by Gasteiger charge is -2.19. The normalized spacial score (nSPS) is 10.6. The molecule has 0 aliphatic carbocycles. The Morgan fingerprint density at radius 1 is 1.39 bits per heavy atom. The molecule has 2 rings (SSSR count). The third-order valence-corrected chi connectivity index (χ3v) is 2.79. The van der Waals surface area contributed by atoms with Gasteiger partial charge in [-0.25, -0.2) is 4.39 Å². The van der Waals surface area contributed by atoms with Crippen molar-refractivity contribution in [3.63, 3.8) is 0 Å². The zero-order valence-electron chi connectivity index (χ0n) is 10.4. The van der Waals surface area contributed by atoms with Crippen LogP contribution >= 0.6 is 0 Å². The number of anilines is 2. The van der Waals surface area contributed by atoms with E-state index in [1.165, 1.54) is 12.1 Å². The van der Waals surface area contributed by atoms with Crippen molar-refractivity contribution in [2.24, 2.45) is 0 Å². The van der Waals surface area contributed by atoms with Crippen molar-refractivity contribution in [2.75, 3.05) is 24.2 Å². The number of nitrogens with zero attached hydrogens (tertiary/aromatic N) is 3. The molecule has 1 aromatic carbocycles. The molecule has 4 nitrogen and oxygen atoms in total. The van der Waals surface area contributed by atoms with Crippen molar-refractivity contribution in [1.29, 1.82) is 0 Å². The smallest absolute Gasteiger partial charge is 0.145 e. The Balaban J connectivity index is 1.83. The Bertz CT molecular complexity index is 509. The second kappa shape index (κ2) is 5.53. The van der Waals surface area contributed by atoms with E-state index in [4.69, 9.17) is 5.73 Å². The highest BCUT2D eigenvalue weighted by atomic mass is 19.1. The number of aromatic nitrogens is 2. The molecule has 18 heavy (non-hydrogen) atoms. The molecule has 96 valence electrons. The number of aryl methyl sites for hydroxylation is 1. The predicted octanol–water partition coefficient (Wildman–Crippen LogP) is 2.13. The van der Waals surface area contributed by atoms with Gasteiger partial charge in [0, 0.05) is 32.0 Å². The fraction of sp³-hybridized carbons (Fsp3) is 0.308. The minimum absolute atomic E-state index is 0.209. The van der Waals surface area contributed by atoms with Gasteiger partial charge in [0.15, 0.2) is 0 Å². The summed E-state index contributed by atoms with van der Waals surface area (Å²) < 4.78 is 14.9. The van der Waals surface area contributed by atoms with E-state index in [1.807, 2.05) is 28.9 Å². The molecule has 0 aliphatic rings. The summed E-state index contributed by atoms with van der Waals surface area (Å²) in [4.78, 5) is 2.02. The molecule has 0 atom stereocenters. The lowest BCUT2D eigenvalue weighted by molar-refractivity contribution is 0.579. The Morgan fingerprint density at radius 2 is 2.22 bits per heavy atom. The van der Waals surface area contributed by atoms with E-state index in [2.05, 4.69) is 5.10 Å². The van der Waals surface area contributed by atoms with Crippen LogP contribution in [0.25, 0.3) is 0 Å². The van der Waals surface area contributed by atoms with Gasteiger partial charge in [0.05, 0.1) is 0 Å². The van der Waals surface area contributed by atoms with Crippen LogP contribution in [0.3, 0.4) is 0 Å². The van der Waals surface area contributed by atoms with Gasteiger partial charge in [0.1, 0.15) is 11.6 Å². The lowest BCUT2D eigenvalue weighted by Crippen LogP contribution is -2.20. The zero-order chi connectivity index (χ0) is 13.0. The topological polar surface area (TPSA) is 47.1 Å². The van der Waals surface area contributed by atoms with E-state index >= 15 is 0 Å². The van der Waals surface area contributed by atoms with Crippen LogP contribution in [0.2, 0.25) is 0 Å². The van der Waals surface area contributed by atoms with E-state index in [0.717, 1.165) is 25.2 Å². The van der Waals surface area contributed by atoms with Crippen LogP contribution in [-0.2, 0) is 6.54 Å². The van der Waals surface area contributed by atoms with Gasteiger partial charge >= 0.3 is 0 Å². The second-order valence-electron chi connectivity index (χ2n) is 4.26. The van der Waals surface area contributed by atoms with E-state index in [1.54, 1.807) is 12.1 Å². The molecule has 0 spiro atoms. The Morgan fingerprint density at radius 3 is 2.89 bits per heavy atom. The van der Waals surface area contributed by atoms with E-state index in [0.29, 0.717) is 5.82 Å². The lowest BCUT2D eigenvalue weighted by atomic mass is 10.2. The quantitative estimate of drug-likeness (QED) is 0.881. The molecular formula is C13H17FN4. The highest BCUT2D eigenvalue weighted by Gasteiger charge is 2.02. The fourth-order valence-electron chi connectivity index (χ4n) is 1.81. The molecule has 0 unspecified atom stereocenters. The van der Waals surface area contributed by atoms with Gasteiger partial charge in [0.2, 0.25) is 0 Å². The maximum atomic E-state index is 13.1. The Hall–Kier alpha value is -2.04. The summed E-state index contributed by atoms with van der Waals surface area (Å²) >= 11 is 0. The van der Waals surface area contributed by atoms with E-state index < -0.39 is 0 Å². The minimum Gasteiger partial charge on any atom is -0.382 e. The first kappa shape index (κ1) is 12.4. The highest BCUT2D eigenvalue weighted by molar-refractivity contribution is 5.45. The van der Waals surface area contributed by atoms with Gasteiger partial charge < -0.3 is 10.6 Å². The number of nitrogen functional groups attached to an aromatic ring is 1. The van der Waals surface area contributed by atoms with Crippen LogP contribution in [0.15, 0.2) is 36.5 Å². The van der Waals surface area contributed by atoms with Crippen LogP contribution in [0.5, 0.6) is 0 Å². The van der Waals surface area contributed by atoms with Crippen molar-refractivity contribution in [3.05, 3.63) is 42.3 Å². The summed E-state index contributed by atoms with van der Waals surface area (Å²) in [5, 5.41) is 4.11. The molecule has 0 radical (unpaired) electrons. The number of halogens is 1. The average Bonchev–Trinajstić information content (AvgIpc) is 2.75. The predicted molar refractivity (Wildman–Crippen MR) is 70.9 cm³/mol.